The highest BCUT2D eigenvalue weighted by Gasteiger charge is 2.47. The summed E-state index contributed by atoms with van der Waals surface area (Å²) in [5, 5.41) is 2.98. The van der Waals surface area contributed by atoms with Gasteiger partial charge in [0.2, 0.25) is 0 Å². The van der Waals surface area contributed by atoms with Gasteiger partial charge in [0.05, 0.1) is 0 Å². The Morgan fingerprint density at radius 3 is 2.50 bits per heavy atom. The number of H-pyrrole nitrogens is 1. The van der Waals surface area contributed by atoms with E-state index in [9.17, 15) is 24.0 Å². The van der Waals surface area contributed by atoms with Gasteiger partial charge in [0, 0.05) is 13.2 Å². The minimum atomic E-state index is -1.11. The van der Waals surface area contributed by atoms with E-state index in [1.807, 2.05) is 0 Å². The third-order valence-corrected chi connectivity index (χ3v) is 3.61. The van der Waals surface area contributed by atoms with E-state index in [2.05, 4.69) is 15.7 Å². The highest BCUT2D eigenvalue weighted by molar-refractivity contribution is 6.08. The highest BCUT2D eigenvalue weighted by atomic mass is 16.2. The second kappa shape index (κ2) is 5.13. The van der Waals surface area contributed by atoms with Crippen molar-refractivity contribution in [3.05, 3.63) is 32.6 Å². The Labute approximate surface area is 124 Å². The van der Waals surface area contributed by atoms with Gasteiger partial charge in [-0.05, 0) is 13.3 Å². The number of carbonyl (C=O) groups is 3. The molecule has 1 aromatic rings. The van der Waals surface area contributed by atoms with Gasteiger partial charge in [-0.3, -0.25) is 24.4 Å². The molecular weight excluding hydrogens is 294 g/mol. The topological polar surface area (TPSA) is 133 Å². The summed E-state index contributed by atoms with van der Waals surface area (Å²) in [7, 11) is 1.19. The number of imide groups is 1. The average Bonchev–Trinajstić information content (AvgIpc) is 2.69. The maximum absolute atomic E-state index is 12.1. The van der Waals surface area contributed by atoms with Crippen LogP contribution in [0.2, 0.25) is 0 Å². The number of hydrazine groups is 1. The van der Waals surface area contributed by atoms with Crippen LogP contribution in [0.3, 0.4) is 0 Å². The van der Waals surface area contributed by atoms with Crippen molar-refractivity contribution in [3.8, 4) is 0 Å². The Kier molecular flexibility index (Phi) is 3.61. The number of aromatic nitrogens is 2. The summed E-state index contributed by atoms with van der Waals surface area (Å²) in [6, 6.07) is -0.788. The van der Waals surface area contributed by atoms with Gasteiger partial charge in [-0.25, -0.2) is 9.59 Å². The third-order valence-electron chi connectivity index (χ3n) is 3.61. The third kappa shape index (κ3) is 2.28. The standard InChI is InChI=1S/C12H15N5O5/c1-4-12(2)9(20)17(11(22)14-12)15-7(18)6-5-13-10(21)16(3)8(6)19/h5H,4H2,1-3H3,(H,13,21)(H,14,22)(H,15,18). The van der Waals surface area contributed by atoms with Crippen LogP contribution in [0.1, 0.15) is 30.6 Å². The van der Waals surface area contributed by atoms with Crippen LogP contribution in [-0.4, -0.2) is 37.9 Å². The molecule has 4 amide bonds. The van der Waals surface area contributed by atoms with Gasteiger partial charge in [0.1, 0.15) is 11.1 Å². The lowest BCUT2D eigenvalue weighted by Gasteiger charge is -2.19. The van der Waals surface area contributed by atoms with E-state index in [4.69, 9.17) is 0 Å². The second-order valence-electron chi connectivity index (χ2n) is 5.07. The molecule has 1 aliphatic heterocycles. The molecule has 2 heterocycles. The fourth-order valence-electron chi connectivity index (χ4n) is 1.92. The first-order valence-corrected chi connectivity index (χ1v) is 6.47. The Balaban J connectivity index is 2.29. The molecule has 118 valence electrons. The monoisotopic (exact) mass is 309 g/mol. The molecule has 1 unspecified atom stereocenters. The molecule has 0 bridgehead atoms. The Bertz CT molecular complexity index is 779. The Morgan fingerprint density at radius 2 is 1.95 bits per heavy atom. The lowest BCUT2D eigenvalue weighted by molar-refractivity contribution is -0.132. The first-order valence-electron chi connectivity index (χ1n) is 6.47. The van der Waals surface area contributed by atoms with Crippen LogP contribution in [0.5, 0.6) is 0 Å². The normalized spacial score (nSPS) is 21.0. The van der Waals surface area contributed by atoms with Crippen molar-refractivity contribution in [2.75, 3.05) is 0 Å². The van der Waals surface area contributed by atoms with Crippen LogP contribution >= 0.6 is 0 Å². The van der Waals surface area contributed by atoms with Crippen molar-refractivity contribution in [1.82, 2.24) is 25.3 Å². The van der Waals surface area contributed by atoms with Crippen LogP contribution < -0.4 is 22.0 Å². The van der Waals surface area contributed by atoms with E-state index in [0.29, 0.717) is 16.0 Å². The maximum atomic E-state index is 12.1. The van der Waals surface area contributed by atoms with Crippen molar-refractivity contribution >= 4 is 17.8 Å². The van der Waals surface area contributed by atoms with Crippen molar-refractivity contribution < 1.29 is 14.4 Å². The molecule has 0 radical (unpaired) electrons. The molecule has 1 aromatic heterocycles. The number of carbonyl (C=O) groups excluding carboxylic acids is 3. The molecule has 0 saturated carbocycles. The molecule has 0 spiro atoms. The molecule has 0 aliphatic carbocycles. The second-order valence-corrected chi connectivity index (χ2v) is 5.07. The minimum Gasteiger partial charge on any atom is -0.322 e. The molecule has 1 atom stereocenters. The number of rotatable bonds is 3. The molecule has 1 fully saturated rings. The van der Waals surface area contributed by atoms with Crippen molar-refractivity contribution in [1.29, 1.82) is 0 Å². The number of urea groups is 1. The van der Waals surface area contributed by atoms with Crippen LogP contribution in [0, 0.1) is 0 Å². The lowest BCUT2D eigenvalue weighted by Crippen LogP contribution is -2.50. The largest absolute Gasteiger partial charge is 0.344 e. The van der Waals surface area contributed by atoms with Crippen LogP contribution in [-0.2, 0) is 11.8 Å². The van der Waals surface area contributed by atoms with Crippen LogP contribution in [0.15, 0.2) is 15.8 Å². The predicted molar refractivity (Wildman–Crippen MR) is 73.8 cm³/mol. The molecule has 2 rings (SSSR count). The Hall–Kier alpha value is -2.91. The summed E-state index contributed by atoms with van der Waals surface area (Å²) in [5.41, 5.74) is -0.963. The van der Waals surface area contributed by atoms with E-state index in [1.54, 1.807) is 6.92 Å². The summed E-state index contributed by atoms with van der Waals surface area (Å²) in [5.74, 6) is -1.60. The smallest absolute Gasteiger partial charge is 0.322 e. The fourth-order valence-corrected chi connectivity index (χ4v) is 1.92. The van der Waals surface area contributed by atoms with E-state index < -0.39 is 40.2 Å². The van der Waals surface area contributed by atoms with E-state index in [-0.39, 0.29) is 0 Å². The van der Waals surface area contributed by atoms with Gasteiger partial charge in [-0.2, -0.15) is 5.01 Å². The zero-order valence-electron chi connectivity index (χ0n) is 12.2. The quantitative estimate of drug-likeness (QED) is 0.581. The lowest BCUT2D eigenvalue weighted by atomic mass is 10.00. The van der Waals surface area contributed by atoms with Gasteiger partial charge in [-0.1, -0.05) is 6.92 Å². The first kappa shape index (κ1) is 15.5. The van der Waals surface area contributed by atoms with E-state index in [0.717, 1.165) is 6.20 Å². The van der Waals surface area contributed by atoms with Gasteiger partial charge >= 0.3 is 11.7 Å². The summed E-state index contributed by atoms with van der Waals surface area (Å²) >= 11 is 0. The summed E-state index contributed by atoms with van der Waals surface area (Å²) in [6.07, 6.45) is 1.27. The molecule has 22 heavy (non-hydrogen) atoms. The zero-order chi connectivity index (χ0) is 16.7. The molecule has 3 N–H and O–H groups in total. The Morgan fingerprint density at radius 1 is 1.32 bits per heavy atom. The van der Waals surface area contributed by atoms with Crippen molar-refractivity contribution in [2.45, 2.75) is 25.8 Å². The molecule has 10 heteroatoms. The molecule has 1 aliphatic rings. The predicted octanol–water partition coefficient (Wildman–Crippen LogP) is -1.56. The molecule has 10 nitrogen and oxygen atoms in total. The number of hydrogen-bond acceptors (Lipinski definition) is 5. The summed E-state index contributed by atoms with van der Waals surface area (Å²) < 4.78 is 0.705. The van der Waals surface area contributed by atoms with Crippen LogP contribution in [0.4, 0.5) is 4.79 Å². The minimum absolute atomic E-state index is 0.338. The average molecular weight is 309 g/mol. The number of nitrogens with one attached hydrogen (secondary N) is 3. The number of amides is 4. The van der Waals surface area contributed by atoms with Crippen molar-refractivity contribution in [3.63, 3.8) is 0 Å². The van der Waals surface area contributed by atoms with Crippen molar-refractivity contribution in [2.24, 2.45) is 7.05 Å². The van der Waals surface area contributed by atoms with Crippen LogP contribution in [0.25, 0.3) is 0 Å². The van der Waals surface area contributed by atoms with Gasteiger partial charge in [0.15, 0.2) is 0 Å². The summed E-state index contributed by atoms with van der Waals surface area (Å²) in [4.78, 5) is 61.2. The first-order chi connectivity index (χ1) is 10.2. The van der Waals surface area contributed by atoms with E-state index >= 15 is 0 Å². The zero-order valence-corrected chi connectivity index (χ0v) is 12.2. The summed E-state index contributed by atoms with van der Waals surface area (Å²) in [6.45, 7) is 3.24. The SMILES string of the molecule is CCC1(C)NC(=O)N(NC(=O)c2c[nH]c(=O)n(C)c2=O)C1=O. The van der Waals surface area contributed by atoms with Gasteiger partial charge < -0.3 is 10.3 Å². The number of aromatic amines is 1. The highest BCUT2D eigenvalue weighted by Crippen LogP contribution is 2.19. The maximum Gasteiger partial charge on any atom is 0.344 e. The molecule has 1 saturated heterocycles. The fraction of sp³-hybridized carbons (Fsp3) is 0.417. The molecular formula is C12H15N5O5. The van der Waals surface area contributed by atoms with E-state index in [1.165, 1.54) is 14.0 Å². The number of nitrogens with zero attached hydrogens (tertiary/aromatic N) is 2. The number of hydrogen-bond donors (Lipinski definition) is 3. The van der Waals surface area contributed by atoms with Gasteiger partial charge in [-0.15, -0.1) is 0 Å². The molecule has 0 aromatic carbocycles. The van der Waals surface area contributed by atoms with Gasteiger partial charge in [0.25, 0.3) is 17.4 Å².